The molecule has 1 heterocycles. The number of nitrogen functional groups attached to an aromatic ring is 1. The van der Waals surface area contributed by atoms with Crippen LogP contribution in [0.2, 0.25) is 0 Å². The summed E-state index contributed by atoms with van der Waals surface area (Å²) in [7, 11) is 0. The average molecular weight is 325 g/mol. The summed E-state index contributed by atoms with van der Waals surface area (Å²) in [5.41, 5.74) is 7.76. The van der Waals surface area contributed by atoms with Crippen molar-refractivity contribution in [3.63, 3.8) is 0 Å². The molecule has 1 aromatic heterocycles. The van der Waals surface area contributed by atoms with Crippen molar-refractivity contribution in [3.05, 3.63) is 48.3 Å². The van der Waals surface area contributed by atoms with Gasteiger partial charge in [-0.1, -0.05) is 19.3 Å². The lowest BCUT2D eigenvalue weighted by atomic mass is 9.90. The maximum atomic E-state index is 12.3. The van der Waals surface area contributed by atoms with Crippen molar-refractivity contribution in [2.45, 2.75) is 32.1 Å². The topological polar surface area (TPSA) is 77.2 Å². The quantitative estimate of drug-likeness (QED) is 0.818. The van der Waals surface area contributed by atoms with Gasteiger partial charge in [-0.15, -0.1) is 0 Å². The Bertz CT molecular complexity index is 682. The average Bonchev–Trinajstić information content (AvgIpc) is 2.62. The largest absolute Gasteiger partial charge is 0.491 e. The second kappa shape index (κ2) is 7.81. The third kappa shape index (κ3) is 4.25. The fourth-order valence-corrected chi connectivity index (χ4v) is 3.02. The number of hydrogen-bond acceptors (Lipinski definition) is 4. The molecule has 0 bridgehead atoms. The molecule has 0 radical (unpaired) electrons. The highest BCUT2D eigenvalue weighted by molar-refractivity contribution is 6.04. The number of amides is 1. The molecule has 5 nitrogen and oxygen atoms in total. The molecule has 0 atom stereocenters. The number of ether oxygens (including phenoxy) is 1. The van der Waals surface area contributed by atoms with Crippen molar-refractivity contribution >= 4 is 17.3 Å². The van der Waals surface area contributed by atoms with Crippen LogP contribution in [0.25, 0.3) is 0 Å². The zero-order chi connectivity index (χ0) is 16.8. The van der Waals surface area contributed by atoms with E-state index in [2.05, 4.69) is 10.3 Å². The molecule has 0 spiro atoms. The molecule has 126 valence electrons. The molecule has 0 unspecified atom stereocenters. The van der Waals surface area contributed by atoms with Crippen LogP contribution in [0.1, 0.15) is 42.5 Å². The van der Waals surface area contributed by atoms with E-state index in [0.717, 1.165) is 0 Å². The summed E-state index contributed by atoms with van der Waals surface area (Å²) in [6.45, 7) is 0.701. The number of benzene rings is 1. The van der Waals surface area contributed by atoms with Crippen LogP contribution < -0.4 is 15.8 Å². The second-order valence-electron chi connectivity index (χ2n) is 6.26. The first-order valence-corrected chi connectivity index (χ1v) is 8.46. The maximum Gasteiger partial charge on any atom is 0.255 e. The van der Waals surface area contributed by atoms with Crippen LogP contribution in [0.5, 0.6) is 5.75 Å². The van der Waals surface area contributed by atoms with E-state index in [-0.39, 0.29) is 5.91 Å². The minimum atomic E-state index is -0.202. The molecule has 1 fully saturated rings. The molecule has 0 saturated heterocycles. The Kier molecular flexibility index (Phi) is 5.31. The Morgan fingerprint density at radius 1 is 1.17 bits per heavy atom. The number of hydrogen-bond donors (Lipinski definition) is 2. The lowest BCUT2D eigenvalue weighted by molar-refractivity contribution is 0.102. The summed E-state index contributed by atoms with van der Waals surface area (Å²) >= 11 is 0. The standard InChI is InChI=1S/C19H23N3O2/c20-17-12-15(19(23)22-16-8-10-21-11-9-16)6-7-18(17)24-13-14-4-2-1-3-5-14/h6-12,14H,1-5,13,20H2,(H,21,22,23). The van der Waals surface area contributed by atoms with E-state index in [1.807, 2.05) is 0 Å². The van der Waals surface area contributed by atoms with Gasteiger partial charge in [-0.3, -0.25) is 9.78 Å². The number of aromatic nitrogens is 1. The van der Waals surface area contributed by atoms with Gasteiger partial charge >= 0.3 is 0 Å². The third-order valence-corrected chi connectivity index (χ3v) is 4.41. The molecule has 3 N–H and O–H groups in total. The first-order valence-electron chi connectivity index (χ1n) is 8.46. The van der Waals surface area contributed by atoms with Gasteiger partial charge in [-0.05, 0) is 49.1 Å². The third-order valence-electron chi connectivity index (χ3n) is 4.41. The van der Waals surface area contributed by atoms with Gasteiger partial charge in [0.15, 0.2) is 0 Å². The molecule has 1 saturated carbocycles. The second-order valence-corrected chi connectivity index (χ2v) is 6.26. The van der Waals surface area contributed by atoms with E-state index in [4.69, 9.17) is 10.5 Å². The summed E-state index contributed by atoms with van der Waals surface area (Å²) in [4.78, 5) is 16.2. The van der Waals surface area contributed by atoms with Gasteiger partial charge in [0.1, 0.15) is 5.75 Å². The Balaban J connectivity index is 1.60. The van der Waals surface area contributed by atoms with Crippen molar-refractivity contribution in [1.82, 2.24) is 4.98 Å². The van der Waals surface area contributed by atoms with Gasteiger partial charge in [-0.2, -0.15) is 0 Å². The zero-order valence-electron chi connectivity index (χ0n) is 13.7. The summed E-state index contributed by atoms with van der Waals surface area (Å²) in [6, 6.07) is 8.65. The normalized spacial score (nSPS) is 15.0. The minimum Gasteiger partial charge on any atom is -0.491 e. The minimum absolute atomic E-state index is 0.202. The highest BCUT2D eigenvalue weighted by Gasteiger charge is 2.15. The molecule has 1 aliphatic carbocycles. The molecular formula is C19H23N3O2. The Labute approximate surface area is 142 Å². The number of carbonyl (C=O) groups excluding carboxylic acids is 1. The molecule has 1 aromatic carbocycles. The number of nitrogens with two attached hydrogens (primary N) is 1. The lowest BCUT2D eigenvalue weighted by Crippen LogP contribution is -2.16. The van der Waals surface area contributed by atoms with E-state index in [9.17, 15) is 4.79 Å². The van der Waals surface area contributed by atoms with Crippen LogP contribution in [0.4, 0.5) is 11.4 Å². The van der Waals surface area contributed by atoms with Gasteiger partial charge in [-0.25, -0.2) is 0 Å². The van der Waals surface area contributed by atoms with Crippen LogP contribution in [-0.2, 0) is 0 Å². The lowest BCUT2D eigenvalue weighted by Gasteiger charge is -2.22. The summed E-state index contributed by atoms with van der Waals surface area (Å²) in [6.07, 6.45) is 9.63. The van der Waals surface area contributed by atoms with Crippen LogP contribution in [0, 0.1) is 5.92 Å². The molecule has 24 heavy (non-hydrogen) atoms. The molecule has 1 aliphatic rings. The summed E-state index contributed by atoms with van der Waals surface area (Å²) in [5.74, 6) is 1.07. The van der Waals surface area contributed by atoms with E-state index in [1.165, 1.54) is 32.1 Å². The van der Waals surface area contributed by atoms with Crippen molar-refractivity contribution in [2.24, 2.45) is 5.92 Å². The number of pyridine rings is 1. The SMILES string of the molecule is Nc1cc(C(=O)Nc2ccncc2)ccc1OCC1CCCCC1. The number of nitrogens with one attached hydrogen (secondary N) is 1. The predicted molar refractivity (Wildman–Crippen MR) is 95.1 cm³/mol. The first-order chi connectivity index (χ1) is 11.7. The molecule has 0 aliphatic heterocycles. The molecular weight excluding hydrogens is 302 g/mol. The smallest absolute Gasteiger partial charge is 0.255 e. The molecule has 2 aromatic rings. The highest BCUT2D eigenvalue weighted by Crippen LogP contribution is 2.27. The van der Waals surface area contributed by atoms with Gasteiger partial charge < -0.3 is 15.8 Å². The van der Waals surface area contributed by atoms with E-state index >= 15 is 0 Å². The van der Waals surface area contributed by atoms with Crippen molar-refractivity contribution in [2.75, 3.05) is 17.7 Å². The van der Waals surface area contributed by atoms with E-state index < -0.39 is 0 Å². The Hall–Kier alpha value is -2.56. The predicted octanol–water partition coefficient (Wildman–Crippen LogP) is 3.88. The van der Waals surface area contributed by atoms with Crippen molar-refractivity contribution in [3.8, 4) is 5.75 Å². The highest BCUT2D eigenvalue weighted by atomic mass is 16.5. The van der Waals surface area contributed by atoms with Crippen LogP contribution in [0.3, 0.4) is 0 Å². The van der Waals surface area contributed by atoms with Crippen LogP contribution >= 0.6 is 0 Å². The summed E-state index contributed by atoms with van der Waals surface area (Å²) in [5, 5.41) is 2.81. The van der Waals surface area contributed by atoms with Crippen molar-refractivity contribution < 1.29 is 9.53 Å². The Morgan fingerprint density at radius 2 is 1.92 bits per heavy atom. The summed E-state index contributed by atoms with van der Waals surface area (Å²) < 4.78 is 5.86. The number of anilines is 2. The van der Waals surface area contributed by atoms with Crippen LogP contribution in [0.15, 0.2) is 42.7 Å². The number of nitrogens with zero attached hydrogens (tertiary/aromatic N) is 1. The fraction of sp³-hybridized carbons (Fsp3) is 0.368. The number of carbonyl (C=O) groups is 1. The monoisotopic (exact) mass is 325 g/mol. The van der Waals surface area contributed by atoms with Gasteiger partial charge in [0.25, 0.3) is 5.91 Å². The molecule has 3 rings (SSSR count). The molecule has 1 amide bonds. The molecule has 5 heteroatoms. The first kappa shape index (κ1) is 16.3. The van der Waals surface area contributed by atoms with E-state index in [0.29, 0.717) is 35.2 Å². The van der Waals surface area contributed by atoms with Gasteiger partial charge in [0.05, 0.1) is 12.3 Å². The van der Waals surface area contributed by atoms with Gasteiger partial charge in [0, 0.05) is 23.6 Å². The number of rotatable bonds is 5. The van der Waals surface area contributed by atoms with Gasteiger partial charge in [0.2, 0.25) is 0 Å². The van der Waals surface area contributed by atoms with Crippen LogP contribution in [-0.4, -0.2) is 17.5 Å². The fourth-order valence-electron chi connectivity index (χ4n) is 3.02. The van der Waals surface area contributed by atoms with Crippen molar-refractivity contribution in [1.29, 1.82) is 0 Å². The maximum absolute atomic E-state index is 12.3. The zero-order valence-corrected chi connectivity index (χ0v) is 13.7. The van der Waals surface area contributed by atoms with E-state index in [1.54, 1.807) is 42.7 Å². The Morgan fingerprint density at radius 3 is 2.62 bits per heavy atom.